The molecule has 7 aromatic rings. The van der Waals surface area contributed by atoms with Gasteiger partial charge in [-0.3, -0.25) is 0 Å². The highest BCUT2D eigenvalue weighted by molar-refractivity contribution is 5.81. The van der Waals surface area contributed by atoms with E-state index in [-0.39, 0.29) is 40.7 Å². The van der Waals surface area contributed by atoms with Crippen LogP contribution in [0.3, 0.4) is 0 Å². The molecule has 64 heavy (non-hydrogen) atoms. The summed E-state index contributed by atoms with van der Waals surface area (Å²) in [5.41, 5.74) is 16.9. The molecule has 4 heteroatoms. The van der Waals surface area contributed by atoms with E-state index in [1.807, 2.05) is 0 Å². The Balaban J connectivity index is 1.02. The minimum absolute atomic E-state index is 0.00700. The molecule has 7 aromatic carbocycles. The van der Waals surface area contributed by atoms with Crippen LogP contribution in [-0.4, -0.2) is 30.3 Å². The molecule has 0 bridgehead atoms. The topological polar surface area (TPSA) is 13.0 Å². The lowest BCUT2D eigenvalue weighted by atomic mass is 9.65. The van der Waals surface area contributed by atoms with Crippen molar-refractivity contribution in [3.63, 3.8) is 0 Å². The van der Waals surface area contributed by atoms with Gasteiger partial charge in [-0.05, 0) is 114 Å². The number of nitrogens with zero attached hydrogens (tertiary/aromatic N) is 4. The van der Waals surface area contributed by atoms with Crippen molar-refractivity contribution >= 4 is 22.7 Å². The minimum atomic E-state index is -0.389. The van der Waals surface area contributed by atoms with E-state index in [2.05, 4.69) is 258 Å². The summed E-state index contributed by atoms with van der Waals surface area (Å²) in [6, 6.07) is 67.5. The molecule has 2 fully saturated rings. The molecule has 0 amide bonds. The molecule has 6 atom stereocenters. The van der Waals surface area contributed by atoms with Crippen molar-refractivity contribution < 1.29 is 0 Å². The second kappa shape index (κ2) is 14.6. The van der Waals surface area contributed by atoms with Gasteiger partial charge in [-0.25, -0.2) is 0 Å². The molecule has 0 aliphatic carbocycles. The number of benzene rings is 7. The Morgan fingerprint density at radius 2 is 0.938 bits per heavy atom. The summed E-state index contributed by atoms with van der Waals surface area (Å²) >= 11 is 0. The molecule has 4 aliphatic rings. The first kappa shape index (κ1) is 40.5. The van der Waals surface area contributed by atoms with Gasteiger partial charge in [0, 0.05) is 39.6 Å². The number of fused-ring (bicyclic) bond motifs is 6. The number of hydrogen-bond donors (Lipinski definition) is 0. The Kier molecular flexibility index (Phi) is 9.27. The zero-order chi connectivity index (χ0) is 44.3. The van der Waals surface area contributed by atoms with E-state index < -0.39 is 0 Å². The molecular weight excluding hydrogens is 777 g/mol. The predicted molar refractivity (Wildman–Crippen MR) is 269 cm³/mol. The van der Waals surface area contributed by atoms with Crippen LogP contribution < -0.4 is 19.6 Å². The molecule has 322 valence electrons. The highest BCUT2D eigenvalue weighted by Gasteiger charge is 2.63. The second-order valence-electron chi connectivity index (χ2n) is 20.8. The van der Waals surface area contributed by atoms with Crippen molar-refractivity contribution in [2.24, 2.45) is 5.41 Å². The summed E-state index contributed by atoms with van der Waals surface area (Å²) in [5, 5.41) is 0. The summed E-state index contributed by atoms with van der Waals surface area (Å²) in [5.74, 6) is 0. The fraction of sp³-hybridized carbons (Fsp3) is 0.300. The van der Waals surface area contributed by atoms with E-state index in [0.29, 0.717) is 12.1 Å². The third-order valence-corrected chi connectivity index (χ3v) is 15.7. The molecule has 0 N–H and O–H groups in total. The van der Waals surface area contributed by atoms with Crippen molar-refractivity contribution in [3.8, 4) is 11.1 Å². The van der Waals surface area contributed by atoms with Crippen molar-refractivity contribution in [2.45, 2.75) is 110 Å². The first-order valence-corrected chi connectivity index (χ1v) is 23.5. The number of anilines is 4. The second-order valence-corrected chi connectivity index (χ2v) is 20.8. The van der Waals surface area contributed by atoms with E-state index in [1.54, 1.807) is 0 Å². The molecule has 0 aromatic heterocycles. The van der Waals surface area contributed by atoms with E-state index in [9.17, 15) is 0 Å². The fourth-order valence-corrected chi connectivity index (χ4v) is 13.4. The van der Waals surface area contributed by atoms with Crippen molar-refractivity contribution in [1.29, 1.82) is 0 Å². The van der Waals surface area contributed by atoms with Crippen LogP contribution in [0.5, 0.6) is 0 Å². The summed E-state index contributed by atoms with van der Waals surface area (Å²) in [6.07, 6.45) is 0.221. The highest BCUT2D eigenvalue weighted by atomic mass is 15.5. The van der Waals surface area contributed by atoms with Gasteiger partial charge in [0.25, 0.3) is 0 Å². The zero-order valence-electron chi connectivity index (χ0n) is 39.0. The molecule has 4 aliphatic heterocycles. The lowest BCUT2D eigenvalue weighted by molar-refractivity contribution is 0.315. The lowest BCUT2D eigenvalue weighted by Gasteiger charge is -2.42. The molecule has 2 saturated heterocycles. The molecule has 4 heterocycles. The van der Waals surface area contributed by atoms with Gasteiger partial charge in [-0.1, -0.05) is 174 Å². The smallest absolute Gasteiger partial charge is 0.129 e. The van der Waals surface area contributed by atoms with Crippen molar-refractivity contribution in [2.75, 3.05) is 19.6 Å². The predicted octanol–water partition coefficient (Wildman–Crippen LogP) is 13.8. The van der Waals surface area contributed by atoms with Gasteiger partial charge in [0.15, 0.2) is 0 Å². The largest absolute Gasteiger partial charge is 0.346 e. The van der Waals surface area contributed by atoms with Gasteiger partial charge in [0.1, 0.15) is 12.3 Å². The summed E-state index contributed by atoms with van der Waals surface area (Å²) in [6.45, 7) is 21.7. The first-order valence-electron chi connectivity index (χ1n) is 23.5. The maximum atomic E-state index is 2.79. The summed E-state index contributed by atoms with van der Waals surface area (Å²) in [4.78, 5) is 11.0. The van der Waals surface area contributed by atoms with Gasteiger partial charge in [0.2, 0.25) is 0 Å². The van der Waals surface area contributed by atoms with Crippen molar-refractivity contribution in [3.05, 3.63) is 215 Å². The zero-order valence-corrected chi connectivity index (χ0v) is 39.0. The summed E-state index contributed by atoms with van der Waals surface area (Å²) in [7, 11) is 0. The maximum Gasteiger partial charge on any atom is 0.129 e. The monoisotopic (exact) mass is 838 g/mol. The van der Waals surface area contributed by atoms with Gasteiger partial charge in [-0.15, -0.1) is 0 Å². The highest BCUT2D eigenvalue weighted by Crippen LogP contribution is 2.62. The van der Waals surface area contributed by atoms with E-state index in [1.165, 1.54) is 72.8 Å². The Morgan fingerprint density at radius 1 is 0.438 bits per heavy atom. The normalized spacial score (nSPS) is 23.8. The molecule has 4 unspecified atom stereocenters. The van der Waals surface area contributed by atoms with Gasteiger partial charge >= 0.3 is 0 Å². The van der Waals surface area contributed by atoms with E-state index in [0.717, 1.165) is 0 Å². The van der Waals surface area contributed by atoms with Crippen LogP contribution in [0.1, 0.15) is 93.6 Å². The Morgan fingerprint density at radius 3 is 1.55 bits per heavy atom. The Hall–Kier alpha value is -6.26. The number of rotatable bonds is 6. The lowest BCUT2D eigenvalue weighted by Crippen LogP contribution is -2.49. The van der Waals surface area contributed by atoms with Crippen LogP contribution >= 0.6 is 0 Å². The third-order valence-electron chi connectivity index (χ3n) is 15.7. The Bertz CT molecular complexity index is 2820. The van der Waals surface area contributed by atoms with Crippen molar-refractivity contribution in [1.82, 2.24) is 0 Å². The molecule has 0 saturated carbocycles. The van der Waals surface area contributed by atoms with Crippen LogP contribution in [0.4, 0.5) is 22.7 Å². The standard InChI is InChI=1S/C60H62N4/c1-39-23-19-21-31-50(39)62-41(3)54-59(8,9)49-38-45(34-36-53(49)64(54)57(62)58(5,6)7)44-33-35-51(40(2)37-44)61-42(4)55-60(46-26-15-11-16-27-46,47-28-17-12-18-29-47)48-30-20-22-32-52(48)63(55)56(61)43-24-13-10-14-25-43/h10-38,41-42,54-57H,1-9H3/t41-,42-,54?,55?,56?,57?/m0/s1. The summed E-state index contributed by atoms with van der Waals surface area (Å²) < 4.78 is 0. The van der Waals surface area contributed by atoms with Gasteiger partial charge in [-0.2, -0.15) is 0 Å². The molecular formula is C60H62N4. The third kappa shape index (κ3) is 5.66. The molecule has 0 spiro atoms. The van der Waals surface area contributed by atoms with Crippen LogP contribution in [-0.2, 0) is 10.8 Å². The fourth-order valence-electron chi connectivity index (χ4n) is 13.4. The van der Waals surface area contributed by atoms with Crippen LogP contribution in [0.15, 0.2) is 176 Å². The van der Waals surface area contributed by atoms with Crippen LogP contribution in [0.25, 0.3) is 11.1 Å². The number of hydrogen-bond acceptors (Lipinski definition) is 4. The van der Waals surface area contributed by atoms with E-state index in [4.69, 9.17) is 0 Å². The minimum Gasteiger partial charge on any atom is -0.346 e. The SMILES string of the molecule is Cc1cc(-c2ccc3c(c2)C(C)(C)C2[C@H](C)N(c4ccccc4C)C(C(C)(C)C)N32)ccc1N1C(c2ccccc2)N2c3ccccc3C(c3ccccc3)(c3ccccc3)C2[C@@H]1C. The first-order chi connectivity index (χ1) is 30.8. The Labute approximate surface area is 381 Å². The van der Waals surface area contributed by atoms with Crippen LogP contribution in [0, 0.1) is 19.3 Å². The average Bonchev–Trinajstić information content (AvgIpc) is 3.97. The molecule has 4 nitrogen and oxygen atoms in total. The maximum absolute atomic E-state index is 2.79. The van der Waals surface area contributed by atoms with Gasteiger partial charge < -0.3 is 19.6 Å². The number of para-hydroxylation sites is 2. The van der Waals surface area contributed by atoms with Gasteiger partial charge in [0.05, 0.1) is 23.5 Å². The van der Waals surface area contributed by atoms with E-state index >= 15 is 0 Å². The molecule has 11 rings (SSSR count). The average molecular weight is 839 g/mol. The quantitative estimate of drug-likeness (QED) is 0.165. The van der Waals surface area contributed by atoms with Crippen LogP contribution in [0.2, 0.25) is 0 Å². The number of aryl methyl sites for hydroxylation is 2. The molecule has 0 radical (unpaired) electrons.